The molecule has 1 heterocycles. The van der Waals surface area contributed by atoms with Crippen molar-refractivity contribution in [1.29, 1.82) is 0 Å². The van der Waals surface area contributed by atoms with Crippen LogP contribution >= 0.6 is 0 Å². The van der Waals surface area contributed by atoms with Crippen LogP contribution in [0.2, 0.25) is 0 Å². The Kier molecular flexibility index (Phi) is 4.01. The van der Waals surface area contributed by atoms with E-state index in [1.165, 1.54) is 4.31 Å². The zero-order valence-electron chi connectivity index (χ0n) is 11.3. The third-order valence-corrected chi connectivity index (χ3v) is 5.18. The van der Waals surface area contributed by atoms with Crippen molar-refractivity contribution in [3.05, 3.63) is 23.8 Å². The summed E-state index contributed by atoms with van der Waals surface area (Å²) >= 11 is 0. The van der Waals surface area contributed by atoms with E-state index in [4.69, 9.17) is 10.5 Å². The highest BCUT2D eigenvalue weighted by Gasteiger charge is 2.33. The largest absolute Gasteiger partial charge is 0.494 e. The molecule has 0 bridgehead atoms. The normalized spacial score (nSPS) is 21.6. The minimum atomic E-state index is -3.19. The summed E-state index contributed by atoms with van der Waals surface area (Å²) in [5, 5.41) is 0. The molecule has 0 aromatic heterocycles. The second-order valence-electron chi connectivity index (χ2n) is 4.84. The molecule has 2 N–H and O–H groups in total. The van der Waals surface area contributed by atoms with Crippen molar-refractivity contribution in [2.24, 2.45) is 11.7 Å². The molecule has 1 atom stereocenters. The number of hydrogen-bond acceptors (Lipinski definition) is 4. The minimum Gasteiger partial charge on any atom is -0.494 e. The molecular formula is C13H20N2O3S. The lowest BCUT2D eigenvalue weighted by molar-refractivity contribution is 0.336. The lowest BCUT2D eigenvalue weighted by atomic mass is 10.1. The van der Waals surface area contributed by atoms with Crippen molar-refractivity contribution in [3.63, 3.8) is 0 Å². The second-order valence-corrected chi connectivity index (χ2v) is 6.78. The standard InChI is InChI=1S/C13H20N2O3S/c1-3-18-13-5-4-12(6-11(13)7-14)15-8-10(2)9-19(15,16)17/h4-6,10H,3,7-9,14H2,1-2H3. The summed E-state index contributed by atoms with van der Waals surface area (Å²) in [6.07, 6.45) is 0. The van der Waals surface area contributed by atoms with Gasteiger partial charge in [0.05, 0.1) is 18.0 Å². The molecule has 0 amide bonds. The van der Waals surface area contributed by atoms with Crippen LogP contribution in [0.4, 0.5) is 5.69 Å². The highest BCUT2D eigenvalue weighted by Crippen LogP contribution is 2.30. The Morgan fingerprint density at radius 2 is 2.21 bits per heavy atom. The van der Waals surface area contributed by atoms with E-state index in [0.29, 0.717) is 25.4 Å². The summed E-state index contributed by atoms with van der Waals surface area (Å²) in [4.78, 5) is 0. The van der Waals surface area contributed by atoms with Gasteiger partial charge in [0.15, 0.2) is 0 Å². The van der Waals surface area contributed by atoms with Gasteiger partial charge in [0.1, 0.15) is 5.75 Å². The van der Waals surface area contributed by atoms with E-state index in [9.17, 15) is 8.42 Å². The fourth-order valence-corrected chi connectivity index (χ4v) is 4.26. The number of anilines is 1. The fourth-order valence-electron chi connectivity index (χ4n) is 2.34. The molecule has 6 heteroatoms. The fraction of sp³-hybridized carbons (Fsp3) is 0.538. The summed E-state index contributed by atoms with van der Waals surface area (Å²) in [6.45, 7) is 5.26. The highest BCUT2D eigenvalue weighted by molar-refractivity contribution is 7.93. The van der Waals surface area contributed by atoms with Gasteiger partial charge in [-0.3, -0.25) is 4.31 Å². The molecule has 1 aromatic carbocycles. The molecule has 1 aliphatic heterocycles. The first-order valence-electron chi connectivity index (χ1n) is 6.44. The van der Waals surface area contributed by atoms with Crippen LogP contribution in [0.3, 0.4) is 0 Å². The van der Waals surface area contributed by atoms with Gasteiger partial charge in [0.2, 0.25) is 10.0 Å². The van der Waals surface area contributed by atoms with Crippen LogP contribution in [0, 0.1) is 5.92 Å². The SMILES string of the molecule is CCOc1ccc(N2CC(C)CS2(=O)=O)cc1CN. The number of benzene rings is 1. The Labute approximate surface area is 114 Å². The van der Waals surface area contributed by atoms with Crippen LogP contribution in [0.25, 0.3) is 0 Å². The van der Waals surface area contributed by atoms with Gasteiger partial charge in [0.25, 0.3) is 0 Å². The minimum absolute atomic E-state index is 0.151. The number of ether oxygens (including phenoxy) is 1. The van der Waals surface area contributed by atoms with Gasteiger partial charge in [-0.15, -0.1) is 0 Å². The summed E-state index contributed by atoms with van der Waals surface area (Å²) in [5.41, 5.74) is 7.20. The van der Waals surface area contributed by atoms with Gasteiger partial charge in [-0.25, -0.2) is 8.42 Å². The smallest absolute Gasteiger partial charge is 0.235 e. The predicted molar refractivity (Wildman–Crippen MR) is 75.8 cm³/mol. The third kappa shape index (κ3) is 2.84. The van der Waals surface area contributed by atoms with Crippen LogP contribution in [-0.2, 0) is 16.6 Å². The number of nitrogens with two attached hydrogens (primary N) is 1. The topological polar surface area (TPSA) is 72.6 Å². The lowest BCUT2D eigenvalue weighted by Crippen LogP contribution is -2.25. The first-order chi connectivity index (χ1) is 8.97. The van der Waals surface area contributed by atoms with Gasteiger partial charge >= 0.3 is 0 Å². The van der Waals surface area contributed by atoms with Crippen molar-refractivity contribution >= 4 is 15.7 Å². The molecule has 1 saturated heterocycles. The molecule has 5 nitrogen and oxygen atoms in total. The highest BCUT2D eigenvalue weighted by atomic mass is 32.2. The van der Waals surface area contributed by atoms with Gasteiger partial charge in [-0.2, -0.15) is 0 Å². The molecule has 1 aliphatic rings. The van der Waals surface area contributed by atoms with E-state index >= 15 is 0 Å². The van der Waals surface area contributed by atoms with E-state index in [-0.39, 0.29) is 11.7 Å². The maximum atomic E-state index is 12.0. The lowest BCUT2D eigenvalue weighted by Gasteiger charge is -2.19. The molecule has 0 radical (unpaired) electrons. The average molecular weight is 284 g/mol. The van der Waals surface area contributed by atoms with Crippen molar-refractivity contribution in [2.45, 2.75) is 20.4 Å². The van der Waals surface area contributed by atoms with Crippen molar-refractivity contribution < 1.29 is 13.2 Å². The third-order valence-electron chi connectivity index (χ3n) is 3.16. The predicted octanol–water partition coefficient (Wildman–Crippen LogP) is 1.33. The first kappa shape index (κ1) is 14.1. The van der Waals surface area contributed by atoms with Crippen molar-refractivity contribution in [1.82, 2.24) is 0 Å². The van der Waals surface area contributed by atoms with E-state index in [0.717, 1.165) is 11.3 Å². The summed E-state index contributed by atoms with van der Waals surface area (Å²) in [5.74, 6) is 1.08. The Hall–Kier alpha value is -1.27. The van der Waals surface area contributed by atoms with Gasteiger partial charge in [-0.1, -0.05) is 6.92 Å². The number of rotatable bonds is 4. The maximum Gasteiger partial charge on any atom is 0.235 e. The van der Waals surface area contributed by atoms with E-state index in [1.54, 1.807) is 18.2 Å². The Balaban J connectivity index is 2.36. The zero-order valence-corrected chi connectivity index (χ0v) is 12.1. The average Bonchev–Trinajstić information content (AvgIpc) is 2.63. The molecule has 0 saturated carbocycles. The van der Waals surface area contributed by atoms with Crippen LogP contribution in [0.5, 0.6) is 5.75 Å². The van der Waals surface area contributed by atoms with E-state index in [2.05, 4.69) is 0 Å². The quantitative estimate of drug-likeness (QED) is 0.905. The zero-order chi connectivity index (χ0) is 14.0. The van der Waals surface area contributed by atoms with Crippen molar-refractivity contribution in [2.75, 3.05) is 23.2 Å². The summed E-state index contributed by atoms with van der Waals surface area (Å²) in [7, 11) is -3.19. The summed E-state index contributed by atoms with van der Waals surface area (Å²) < 4.78 is 31.0. The maximum absolute atomic E-state index is 12.0. The van der Waals surface area contributed by atoms with E-state index < -0.39 is 10.0 Å². The molecule has 0 spiro atoms. The Morgan fingerprint density at radius 3 is 2.74 bits per heavy atom. The number of nitrogens with zero attached hydrogens (tertiary/aromatic N) is 1. The molecule has 1 aromatic rings. The molecule has 0 aliphatic carbocycles. The molecule has 1 fully saturated rings. The van der Waals surface area contributed by atoms with E-state index in [1.807, 2.05) is 13.8 Å². The first-order valence-corrected chi connectivity index (χ1v) is 8.05. The van der Waals surface area contributed by atoms with Crippen LogP contribution < -0.4 is 14.8 Å². The van der Waals surface area contributed by atoms with Gasteiger partial charge < -0.3 is 10.5 Å². The van der Waals surface area contributed by atoms with Crippen LogP contribution in [0.15, 0.2) is 18.2 Å². The number of hydrogen-bond donors (Lipinski definition) is 1. The molecule has 106 valence electrons. The Bertz CT molecular complexity index is 557. The second kappa shape index (κ2) is 5.38. The summed E-state index contributed by atoms with van der Waals surface area (Å²) in [6, 6.07) is 5.37. The molecule has 2 rings (SSSR count). The van der Waals surface area contributed by atoms with Gasteiger partial charge in [-0.05, 0) is 31.0 Å². The Morgan fingerprint density at radius 1 is 1.47 bits per heavy atom. The molecule has 19 heavy (non-hydrogen) atoms. The molecular weight excluding hydrogens is 264 g/mol. The number of sulfonamides is 1. The van der Waals surface area contributed by atoms with Crippen LogP contribution in [0.1, 0.15) is 19.4 Å². The van der Waals surface area contributed by atoms with Crippen LogP contribution in [-0.4, -0.2) is 27.3 Å². The van der Waals surface area contributed by atoms with Crippen molar-refractivity contribution in [3.8, 4) is 5.75 Å². The van der Waals surface area contributed by atoms with Gasteiger partial charge in [0, 0.05) is 18.7 Å². The molecule has 1 unspecified atom stereocenters. The monoisotopic (exact) mass is 284 g/mol.